The molecule has 40 heavy (non-hydrogen) atoms. The molecule has 0 unspecified atom stereocenters. The van der Waals surface area contributed by atoms with Gasteiger partial charge in [-0.2, -0.15) is 0 Å². The summed E-state index contributed by atoms with van der Waals surface area (Å²) in [5, 5.41) is 48.9. The Kier molecular flexibility index (Phi) is 6.56. The number of likely N-dealkylation sites (N-methyl/N-ethyl adjacent to an activating group) is 1. The molecule has 11 heteroatoms. The Hall–Kier alpha value is -3.41. The second-order valence-electron chi connectivity index (χ2n) is 12.4. The molecular weight excluding hydrogens is 516 g/mol. The minimum Gasteiger partial charge on any atom is -0.508 e. The summed E-state index contributed by atoms with van der Waals surface area (Å²) in [5.74, 6) is -6.54. The number of phenols is 1. The van der Waals surface area contributed by atoms with Gasteiger partial charge in [0.05, 0.1) is 11.6 Å². The summed E-state index contributed by atoms with van der Waals surface area (Å²) in [6.07, 6.45) is 3.59. The number of ketones is 2. The Morgan fingerprint density at radius 2 is 1.80 bits per heavy atom. The third-order valence-electron chi connectivity index (χ3n) is 9.38. The van der Waals surface area contributed by atoms with E-state index in [2.05, 4.69) is 12.2 Å². The maximum Gasteiger partial charge on any atom is 0.255 e. The van der Waals surface area contributed by atoms with Crippen molar-refractivity contribution < 1.29 is 34.8 Å². The molecule has 4 atom stereocenters. The van der Waals surface area contributed by atoms with E-state index in [-0.39, 0.29) is 35.3 Å². The van der Waals surface area contributed by atoms with Crippen molar-refractivity contribution in [1.82, 2.24) is 10.2 Å². The number of benzene rings is 1. The van der Waals surface area contributed by atoms with Crippen molar-refractivity contribution in [2.24, 2.45) is 17.6 Å². The van der Waals surface area contributed by atoms with Gasteiger partial charge >= 0.3 is 0 Å². The summed E-state index contributed by atoms with van der Waals surface area (Å²) in [7, 11) is 6.91. The number of nitrogens with zero attached hydrogens (tertiary/aromatic N) is 2. The fraction of sp³-hybridized carbons (Fsp3) is 0.552. The molecule has 216 valence electrons. The quantitative estimate of drug-likeness (QED) is 0.279. The first-order valence-corrected chi connectivity index (χ1v) is 13.6. The number of hydrogen-bond donors (Lipinski definition) is 6. The molecule has 0 spiro atoms. The van der Waals surface area contributed by atoms with Crippen molar-refractivity contribution in [3.05, 3.63) is 39.7 Å². The number of carbonyl (C=O) groups is 3. The lowest BCUT2D eigenvalue weighted by atomic mass is 9.57. The van der Waals surface area contributed by atoms with Crippen LogP contribution in [-0.4, -0.2) is 88.2 Å². The molecule has 0 saturated heterocycles. The molecule has 7 N–H and O–H groups in total. The summed E-state index contributed by atoms with van der Waals surface area (Å²) >= 11 is 0. The van der Waals surface area contributed by atoms with Crippen LogP contribution in [0.1, 0.15) is 49.3 Å². The largest absolute Gasteiger partial charge is 0.508 e. The van der Waals surface area contributed by atoms with Gasteiger partial charge in [-0.3, -0.25) is 19.3 Å². The fourth-order valence-corrected chi connectivity index (χ4v) is 7.25. The van der Waals surface area contributed by atoms with Crippen molar-refractivity contribution in [1.29, 1.82) is 0 Å². The predicted molar refractivity (Wildman–Crippen MR) is 148 cm³/mol. The van der Waals surface area contributed by atoms with E-state index in [0.717, 1.165) is 30.5 Å². The van der Waals surface area contributed by atoms with Gasteiger partial charge in [-0.1, -0.05) is 0 Å². The van der Waals surface area contributed by atoms with Gasteiger partial charge < -0.3 is 36.4 Å². The first-order valence-electron chi connectivity index (χ1n) is 13.6. The first-order chi connectivity index (χ1) is 18.6. The molecule has 4 aliphatic carbocycles. The van der Waals surface area contributed by atoms with Gasteiger partial charge in [-0.05, 0) is 76.2 Å². The smallest absolute Gasteiger partial charge is 0.255 e. The number of rotatable bonds is 6. The van der Waals surface area contributed by atoms with Crippen LogP contribution >= 0.6 is 0 Å². The standard InChI is InChI=1S/C29H38N4O7/c1-28(7-6-8-28)31-12-14-11-17(34)19-15(21(14)32(2)3)9-13-10-16-22(33(4)5)24(36)20(27(30)39)26(38)29(16,40)25(37)18(13)23(19)35/h11,13,16,22,31,34-35,38,40H,6-10,12H2,1-5H3,(H2,30,39)/t13-,16-,22-,29-/m0/s1. The van der Waals surface area contributed by atoms with Gasteiger partial charge in [-0.15, -0.1) is 0 Å². The zero-order valence-corrected chi connectivity index (χ0v) is 23.5. The summed E-state index contributed by atoms with van der Waals surface area (Å²) in [6.45, 7) is 2.67. The van der Waals surface area contributed by atoms with Gasteiger partial charge in [-0.25, -0.2) is 0 Å². The third kappa shape index (κ3) is 3.86. The molecule has 11 nitrogen and oxygen atoms in total. The average Bonchev–Trinajstić information content (AvgIpc) is 2.82. The molecule has 0 heterocycles. The second-order valence-corrected chi connectivity index (χ2v) is 12.4. The van der Waals surface area contributed by atoms with Gasteiger partial charge in [0.25, 0.3) is 5.91 Å². The highest BCUT2D eigenvalue weighted by molar-refractivity contribution is 6.24. The molecule has 0 aromatic heterocycles. The Morgan fingerprint density at radius 3 is 2.33 bits per heavy atom. The minimum absolute atomic E-state index is 0.0263. The number of aromatic hydroxyl groups is 1. The fourth-order valence-electron chi connectivity index (χ4n) is 7.25. The van der Waals surface area contributed by atoms with E-state index < -0.39 is 58.0 Å². The average molecular weight is 555 g/mol. The van der Waals surface area contributed by atoms with Crippen molar-refractivity contribution in [3.8, 4) is 5.75 Å². The monoisotopic (exact) mass is 554 g/mol. The molecule has 2 fully saturated rings. The molecule has 0 bridgehead atoms. The Morgan fingerprint density at radius 1 is 1.15 bits per heavy atom. The molecule has 5 rings (SSSR count). The molecule has 4 aliphatic rings. The number of nitrogens with one attached hydrogen (secondary N) is 1. The van der Waals surface area contributed by atoms with Gasteiger partial charge in [0.2, 0.25) is 5.78 Å². The van der Waals surface area contributed by atoms with Crippen LogP contribution in [0.3, 0.4) is 0 Å². The van der Waals surface area contributed by atoms with Crippen molar-refractivity contribution >= 4 is 28.9 Å². The maximum absolute atomic E-state index is 14.0. The number of primary amides is 1. The lowest BCUT2D eigenvalue weighted by molar-refractivity contribution is -0.153. The van der Waals surface area contributed by atoms with Gasteiger partial charge in [0, 0.05) is 43.4 Å². The topological polar surface area (TPSA) is 177 Å². The van der Waals surface area contributed by atoms with Crippen LogP contribution in [0.2, 0.25) is 0 Å². The number of hydrogen-bond acceptors (Lipinski definition) is 10. The van der Waals surface area contributed by atoms with Crippen LogP contribution in [-0.2, 0) is 27.3 Å². The van der Waals surface area contributed by atoms with E-state index >= 15 is 0 Å². The van der Waals surface area contributed by atoms with Crippen LogP contribution in [0.15, 0.2) is 23.0 Å². The van der Waals surface area contributed by atoms with Crippen molar-refractivity contribution in [2.45, 2.75) is 62.8 Å². The highest BCUT2D eigenvalue weighted by atomic mass is 16.3. The van der Waals surface area contributed by atoms with E-state index in [1.54, 1.807) is 20.2 Å². The Bertz CT molecular complexity index is 1390. The number of phenolic OH excluding ortho intramolecular Hbond substituents is 1. The number of carbonyl (C=O) groups excluding carboxylic acids is 3. The second kappa shape index (κ2) is 9.32. The molecule has 2 saturated carbocycles. The number of amides is 1. The van der Waals surface area contributed by atoms with E-state index in [1.165, 1.54) is 4.90 Å². The Labute approximate surface area is 232 Å². The number of aliphatic hydroxyl groups is 3. The van der Waals surface area contributed by atoms with Crippen LogP contribution in [0.25, 0.3) is 5.76 Å². The molecule has 1 amide bonds. The lowest BCUT2D eigenvalue weighted by Gasteiger charge is -2.50. The SMILES string of the molecule is CN(C)c1c(CNC2(C)CCC2)cc(O)c2c1C[C@H]1C[C@H]3[C@H](N(C)C)C(=O)C(C(N)=O)=C(O)[C@@]3(O)C(=O)C1=C2O. The number of anilines is 1. The van der Waals surface area contributed by atoms with Gasteiger partial charge in [0.1, 0.15) is 22.8 Å². The highest BCUT2D eigenvalue weighted by Gasteiger charge is 2.64. The van der Waals surface area contributed by atoms with E-state index in [4.69, 9.17) is 5.73 Å². The van der Waals surface area contributed by atoms with Crippen LogP contribution < -0.4 is 16.0 Å². The number of fused-ring (bicyclic) bond motifs is 3. The lowest BCUT2D eigenvalue weighted by Crippen LogP contribution is -2.65. The zero-order valence-electron chi connectivity index (χ0n) is 23.5. The number of aliphatic hydroxyl groups excluding tert-OH is 2. The maximum atomic E-state index is 14.0. The molecule has 0 aliphatic heterocycles. The van der Waals surface area contributed by atoms with Crippen LogP contribution in [0.5, 0.6) is 5.75 Å². The van der Waals surface area contributed by atoms with E-state index in [9.17, 15) is 34.8 Å². The van der Waals surface area contributed by atoms with Crippen LogP contribution in [0.4, 0.5) is 5.69 Å². The normalized spacial score (nSPS) is 29.1. The molecule has 1 aromatic rings. The van der Waals surface area contributed by atoms with E-state index in [0.29, 0.717) is 12.1 Å². The molecule has 1 aromatic carbocycles. The summed E-state index contributed by atoms with van der Waals surface area (Å²) in [5.41, 5.74) is 4.19. The van der Waals surface area contributed by atoms with Crippen LogP contribution in [0, 0.1) is 11.8 Å². The minimum atomic E-state index is -2.65. The summed E-state index contributed by atoms with van der Waals surface area (Å²) in [6, 6.07) is 0.465. The Balaban J connectivity index is 1.67. The van der Waals surface area contributed by atoms with Gasteiger partial charge in [0.15, 0.2) is 11.4 Å². The highest BCUT2D eigenvalue weighted by Crippen LogP contribution is 2.54. The zero-order chi connectivity index (χ0) is 29.5. The first kappa shape index (κ1) is 28.1. The molecular formula is C29H38N4O7. The summed E-state index contributed by atoms with van der Waals surface area (Å²) < 4.78 is 0. The van der Waals surface area contributed by atoms with Crippen molar-refractivity contribution in [3.63, 3.8) is 0 Å². The third-order valence-corrected chi connectivity index (χ3v) is 9.38. The van der Waals surface area contributed by atoms with Crippen molar-refractivity contribution in [2.75, 3.05) is 33.1 Å². The summed E-state index contributed by atoms with van der Waals surface area (Å²) in [4.78, 5) is 42.8. The number of Topliss-reactive ketones (excluding diaryl/α,β-unsaturated/α-hetero) is 2. The predicted octanol–water partition coefficient (Wildman–Crippen LogP) is 1.06. The molecule has 0 radical (unpaired) electrons. The number of nitrogens with two attached hydrogens (primary N) is 1. The van der Waals surface area contributed by atoms with E-state index in [1.807, 2.05) is 19.0 Å².